The van der Waals surface area contributed by atoms with Crippen molar-refractivity contribution < 1.29 is 17.9 Å². The first kappa shape index (κ1) is 13.4. The molecule has 5 nitrogen and oxygen atoms in total. The number of rotatable bonds is 3. The summed E-state index contributed by atoms with van der Waals surface area (Å²) in [6, 6.07) is -0.619. The lowest BCUT2D eigenvalue weighted by Crippen LogP contribution is -2.31. The average molecular weight is 249 g/mol. The molecule has 0 N–H and O–H groups in total. The Bertz CT molecular complexity index is 380. The third-order valence-electron chi connectivity index (χ3n) is 2.17. The summed E-state index contributed by atoms with van der Waals surface area (Å²) < 4.78 is 29.7. The van der Waals surface area contributed by atoms with Crippen LogP contribution < -0.4 is 0 Å². The monoisotopic (exact) mass is 249 g/mol. The number of hydrogen-bond acceptors (Lipinski definition) is 4. The SMILES string of the molecule is CC(C)S(=O)(=O)N1CC1C(=O)OC(C)(C)C. The summed E-state index contributed by atoms with van der Waals surface area (Å²) in [6.07, 6.45) is 0. The van der Waals surface area contributed by atoms with Gasteiger partial charge < -0.3 is 4.74 Å². The summed E-state index contributed by atoms with van der Waals surface area (Å²) in [7, 11) is -3.32. The van der Waals surface area contributed by atoms with Crippen LogP contribution in [0.2, 0.25) is 0 Å². The Morgan fingerprint density at radius 3 is 2.25 bits per heavy atom. The van der Waals surface area contributed by atoms with E-state index >= 15 is 0 Å². The third kappa shape index (κ3) is 2.95. The first-order chi connectivity index (χ1) is 7.05. The van der Waals surface area contributed by atoms with E-state index < -0.39 is 32.9 Å². The van der Waals surface area contributed by atoms with E-state index in [0.717, 1.165) is 0 Å². The van der Waals surface area contributed by atoms with Gasteiger partial charge in [0.2, 0.25) is 10.0 Å². The molecule has 0 amide bonds. The van der Waals surface area contributed by atoms with Gasteiger partial charge in [0.1, 0.15) is 11.6 Å². The molecule has 1 rings (SSSR count). The van der Waals surface area contributed by atoms with Gasteiger partial charge in [0, 0.05) is 6.54 Å². The molecule has 2 unspecified atom stereocenters. The van der Waals surface area contributed by atoms with Crippen LogP contribution in [0, 0.1) is 0 Å². The molecule has 1 aliphatic rings. The van der Waals surface area contributed by atoms with Crippen LogP contribution in [-0.2, 0) is 19.6 Å². The second-order valence-corrected chi connectivity index (χ2v) is 7.65. The van der Waals surface area contributed by atoms with Crippen LogP contribution in [0.3, 0.4) is 0 Å². The van der Waals surface area contributed by atoms with Crippen LogP contribution >= 0.6 is 0 Å². The van der Waals surface area contributed by atoms with E-state index in [-0.39, 0.29) is 6.54 Å². The van der Waals surface area contributed by atoms with Gasteiger partial charge in [0.25, 0.3) is 0 Å². The molecule has 1 saturated heterocycles. The molecule has 0 bridgehead atoms. The fourth-order valence-corrected chi connectivity index (χ4v) is 2.57. The maximum Gasteiger partial charge on any atom is 0.326 e. The van der Waals surface area contributed by atoms with Crippen LogP contribution in [-0.4, -0.2) is 42.1 Å². The summed E-state index contributed by atoms with van der Waals surface area (Å²) in [6.45, 7) is 8.72. The van der Waals surface area contributed by atoms with Crippen molar-refractivity contribution in [2.75, 3.05) is 6.54 Å². The minimum Gasteiger partial charge on any atom is -0.459 e. The predicted molar refractivity (Wildman–Crippen MR) is 60.4 cm³/mol. The van der Waals surface area contributed by atoms with E-state index in [4.69, 9.17) is 4.74 Å². The first-order valence-electron chi connectivity index (χ1n) is 5.29. The molecule has 1 aliphatic heterocycles. The summed E-state index contributed by atoms with van der Waals surface area (Å²) in [5.74, 6) is -0.461. The Balaban J connectivity index is 2.62. The van der Waals surface area contributed by atoms with Gasteiger partial charge in [-0.1, -0.05) is 0 Å². The van der Waals surface area contributed by atoms with Gasteiger partial charge in [-0.05, 0) is 34.6 Å². The molecule has 0 aromatic heterocycles. The number of nitrogens with zero attached hydrogens (tertiary/aromatic N) is 1. The zero-order chi connectivity index (χ0) is 12.7. The molecule has 94 valence electrons. The third-order valence-corrected chi connectivity index (χ3v) is 4.42. The highest BCUT2D eigenvalue weighted by molar-refractivity contribution is 7.90. The number of esters is 1. The second kappa shape index (κ2) is 4.00. The van der Waals surface area contributed by atoms with E-state index in [1.165, 1.54) is 4.31 Å². The summed E-state index contributed by atoms with van der Waals surface area (Å²) >= 11 is 0. The molecular formula is C10H19NO4S. The Morgan fingerprint density at radius 2 is 1.88 bits per heavy atom. The van der Waals surface area contributed by atoms with Crippen LogP contribution in [0.25, 0.3) is 0 Å². The van der Waals surface area contributed by atoms with Gasteiger partial charge in [-0.15, -0.1) is 0 Å². The molecule has 0 aromatic carbocycles. The van der Waals surface area contributed by atoms with Crippen molar-refractivity contribution in [3.05, 3.63) is 0 Å². The summed E-state index contributed by atoms with van der Waals surface area (Å²) in [5, 5.41) is -0.500. The summed E-state index contributed by atoms with van der Waals surface area (Å²) in [4.78, 5) is 11.6. The maximum absolute atomic E-state index is 11.7. The van der Waals surface area contributed by atoms with Gasteiger partial charge in [0.05, 0.1) is 5.25 Å². The zero-order valence-corrected chi connectivity index (χ0v) is 11.2. The zero-order valence-electron chi connectivity index (χ0n) is 10.4. The van der Waals surface area contributed by atoms with E-state index in [9.17, 15) is 13.2 Å². The van der Waals surface area contributed by atoms with Gasteiger partial charge in [0.15, 0.2) is 0 Å². The second-order valence-electron chi connectivity index (χ2n) is 5.21. The molecule has 2 atom stereocenters. The normalized spacial score (nSPS) is 25.6. The Labute approximate surface area is 96.8 Å². The molecule has 0 aliphatic carbocycles. The van der Waals surface area contributed by atoms with Crippen molar-refractivity contribution in [3.8, 4) is 0 Å². The van der Waals surface area contributed by atoms with Crippen molar-refractivity contribution in [1.29, 1.82) is 0 Å². The number of carbonyl (C=O) groups is 1. The molecule has 0 radical (unpaired) electrons. The lowest BCUT2D eigenvalue weighted by atomic mass is 10.2. The van der Waals surface area contributed by atoms with Crippen molar-refractivity contribution in [2.45, 2.75) is 51.5 Å². The lowest BCUT2D eigenvalue weighted by molar-refractivity contribution is -0.154. The quantitative estimate of drug-likeness (QED) is 0.547. The molecule has 1 fully saturated rings. The highest BCUT2D eigenvalue weighted by Gasteiger charge is 2.51. The highest BCUT2D eigenvalue weighted by atomic mass is 32.2. The molecule has 1 heterocycles. The van der Waals surface area contributed by atoms with Crippen molar-refractivity contribution in [2.24, 2.45) is 0 Å². The molecular weight excluding hydrogens is 230 g/mol. The molecule has 0 aromatic rings. The fourth-order valence-electron chi connectivity index (χ4n) is 1.24. The van der Waals surface area contributed by atoms with Crippen molar-refractivity contribution in [3.63, 3.8) is 0 Å². The van der Waals surface area contributed by atoms with Gasteiger partial charge in [-0.2, -0.15) is 4.31 Å². The molecule has 16 heavy (non-hydrogen) atoms. The van der Waals surface area contributed by atoms with E-state index in [0.29, 0.717) is 0 Å². The Morgan fingerprint density at radius 1 is 1.38 bits per heavy atom. The van der Waals surface area contributed by atoms with E-state index in [1.54, 1.807) is 34.6 Å². The van der Waals surface area contributed by atoms with Crippen molar-refractivity contribution >= 4 is 16.0 Å². The van der Waals surface area contributed by atoms with Gasteiger partial charge >= 0.3 is 5.97 Å². The van der Waals surface area contributed by atoms with Crippen LogP contribution in [0.15, 0.2) is 0 Å². The number of carbonyl (C=O) groups excluding carboxylic acids is 1. The molecule has 6 heteroatoms. The Hall–Kier alpha value is -0.620. The predicted octanol–water partition coefficient (Wildman–Crippen LogP) is 0.750. The van der Waals surface area contributed by atoms with Crippen LogP contribution in [0.5, 0.6) is 0 Å². The molecule has 0 saturated carbocycles. The maximum atomic E-state index is 11.7. The number of hydrogen-bond donors (Lipinski definition) is 0. The van der Waals surface area contributed by atoms with Crippen LogP contribution in [0.4, 0.5) is 0 Å². The number of sulfonamides is 1. The van der Waals surface area contributed by atoms with Gasteiger partial charge in [-0.3, -0.25) is 4.79 Å². The minimum atomic E-state index is -3.32. The lowest BCUT2D eigenvalue weighted by Gasteiger charge is -2.19. The average Bonchev–Trinajstić information content (AvgIpc) is 2.78. The van der Waals surface area contributed by atoms with Gasteiger partial charge in [-0.25, -0.2) is 8.42 Å². The topological polar surface area (TPSA) is 63.5 Å². The van der Waals surface area contributed by atoms with E-state index in [2.05, 4.69) is 0 Å². The highest BCUT2D eigenvalue weighted by Crippen LogP contribution is 2.27. The van der Waals surface area contributed by atoms with Crippen LogP contribution in [0.1, 0.15) is 34.6 Å². The minimum absolute atomic E-state index is 0.245. The Kier molecular flexibility index (Phi) is 3.36. The molecule has 0 spiro atoms. The standard InChI is InChI=1S/C10H19NO4S/c1-7(2)16(13,14)11-6-8(11)9(12)15-10(3,4)5/h7-8H,6H2,1-5H3. The summed E-state index contributed by atoms with van der Waals surface area (Å²) in [5.41, 5.74) is -0.576. The number of ether oxygens (including phenoxy) is 1. The smallest absolute Gasteiger partial charge is 0.326 e. The first-order valence-corrected chi connectivity index (χ1v) is 6.79. The van der Waals surface area contributed by atoms with Crippen molar-refractivity contribution in [1.82, 2.24) is 4.31 Å². The van der Waals surface area contributed by atoms with E-state index in [1.807, 2.05) is 0 Å². The fraction of sp³-hybridized carbons (Fsp3) is 0.900. The largest absolute Gasteiger partial charge is 0.459 e.